The van der Waals surface area contributed by atoms with E-state index in [1.165, 1.54) is 37.1 Å². The number of rotatable bonds is 4. The summed E-state index contributed by atoms with van der Waals surface area (Å²) in [6.45, 7) is 0. The zero-order chi connectivity index (χ0) is 21.9. The number of nitrogens with one attached hydrogen (secondary N) is 1. The van der Waals surface area contributed by atoms with Gasteiger partial charge in [0, 0.05) is 7.05 Å². The Balaban J connectivity index is 1.94. The molecule has 0 spiro atoms. The third kappa shape index (κ3) is 4.58. The third-order valence-corrected chi connectivity index (χ3v) is 4.97. The van der Waals surface area contributed by atoms with Gasteiger partial charge in [0.05, 0.1) is 29.2 Å². The minimum Gasteiger partial charge on any atom is -0.493 e. The van der Waals surface area contributed by atoms with Crippen LogP contribution in [-0.4, -0.2) is 25.2 Å². The van der Waals surface area contributed by atoms with E-state index in [1.807, 2.05) is 0 Å². The fourth-order valence-electron chi connectivity index (χ4n) is 2.57. The number of alkyl halides is 3. The van der Waals surface area contributed by atoms with Crippen LogP contribution < -0.4 is 14.8 Å². The molecule has 30 heavy (non-hydrogen) atoms. The number of hydrogen-bond acceptors (Lipinski definition) is 6. The molecule has 0 aromatic heterocycles. The Morgan fingerprint density at radius 2 is 1.90 bits per heavy atom. The second kappa shape index (κ2) is 8.51. The van der Waals surface area contributed by atoms with Crippen LogP contribution in [0.4, 0.5) is 13.2 Å². The van der Waals surface area contributed by atoms with Crippen molar-refractivity contribution < 1.29 is 27.4 Å². The van der Waals surface area contributed by atoms with Crippen molar-refractivity contribution in [3.63, 3.8) is 0 Å². The largest absolute Gasteiger partial charge is 0.493 e. The lowest BCUT2D eigenvalue weighted by molar-refractivity contribution is -0.138. The van der Waals surface area contributed by atoms with E-state index in [4.69, 9.17) is 14.7 Å². The van der Waals surface area contributed by atoms with Crippen molar-refractivity contribution in [1.82, 2.24) is 5.32 Å². The van der Waals surface area contributed by atoms with Gasteiger partial charge in [-0.2, -0.15) is 18.4 Å². The number of amides is 1. The Morgan fingerprint density at radius 3 is 2.50 bits per heavy atom. The highest BCUT2D eigenvalue weighted by atomic mass is 32.2. The first-order valence-electron chi connectivity index (χ1n) is 8.40. The number of thioether (sulfide) groups is 1. The first kappa shape index (κ1) is 21.3. The molecule has 0 atom stereocenters. The normalized spacial score (nSPS) is 16.5. The van der Waals surface area contributed by atoms with E-state index in [0.717, 1.165) is 12.1 Å². The summed E-state index contributed by atoms with van der Waals surface area (Å²) in [7, 11) is 2.90. The van der Waals surface area contributed by atoms with Gasteiger partial charge >= 0.3 is 6.18 Å². The molecule has 3 rings (SSSR count). The fraction of sp³-hybridized carbons (Fsp3) is 0.150. The maximum atomic E-state index is 13.4. The summed E-state index contributed by atoms with van der Waals surface area (Å²) >= 11 is 1.17. The van der Waals surface area contributed by atoms with Crippen molar-refractivity contribution in [2.75, 3.05) is 14.2 Å². The molecule has 10 heteroatoms. The summed E-state index contributed by atoms with van der Waals surface area (Å²) < 4.78 is 50.8. The maximum absolute atomic E-state index is 13.4. The van der Waals surface area contributed by atoms with Crippen molar-refractivity contribution in [1.29, 1.82) is 5.26 Å². The molecule has 6 nitrogen and oxygen atoms in total. The van der Waals surface area contributed by atoms with Gasteiger partial charge in [-0.1, -0.05) is 6.07 Å². The number of nitrogens with zero attached hydrogens (tertiary/aromatic N) is 2. The number of carbonyl (C=O) groups excluding carboxylic acids is 1. The van der Waals surface area contributed by atoms with Crippen molar-refractivity contribution in [3.05, 3.63) is 58.0 Å². The SMILES string of the molecule is CN=C1NC(=O)/C(=C/c2ccc(Oc3ccc(C#N)cc3C(F)(F)F)c(OC)c2)S1. The van der Waals surface area contributed by atoms with E-state index in [9.17, 15) is 18.0 Å². The Bertz CT molecular complexity index is 1100. The van der Waals surface area contributed by atoms with E-state index in [1.54, 1.807) is 25.3 Å². The Kier molecular flexibility index (Phi) is 6.03. The molecular weight excluding hydrogens is 419 g/mol. The number of methoxy groups -OCH3 is 1. The molecule has 1 aliphatic heterocycles. The van der Waals surface area contributed by atoms with Gasteiger partial charge in [-0.15, -0.1) is 0 Å². The van der Waals surface area contributed by atoms with Crippen molar-refractivity contribution in [3.8, 4) is 23.3 Å². The Morgan fingerprint density at radius 1 is 1.17 bits per heavy atom. The number of benzene rings is 2. The lowest BCUT2D eigenvalue weighted by Crippen LogP contribution is -2.19. The van der Waals surface area contributed by atoms with Crippen LogP contribution in [0.15, 0.2) is 46.3 Å². The Hall–Kier alpha value is -3.45. The highest BCUT2D eigenvalue weighted by Crippen LogP contribution is 2.41. The predicted molar refractivity (Wildman–Crippen MR) is 106 cm³/mol. The van der Waals surface area contributed by atoms with Crippen LogP contribution in [0.25, 0.3) is 6.08 Å². The number of carbonyl (C=O) groups is 1. The highest BCUT2D eigenvalue weighted by Gasteiger charge is 2.35. The standard InChI is InChI=1S/C20H14F3N3O3S/c1-25-19-26-18(27)17(30-19)9-11-3-6-15(16(8-11)28-2)29-14-5-4-12(10-24)7-13(14)20(21,22)23/h3-9H,1-2H3,(H,25,26,27)/b17-9-. The zero-order valence-electron chi connectivity index (χ0n) is 15.7. The van der Waals surface area contributed by atoms with Crippen LogP contribution >= 0.6 is 11.8 Å². The van der Waals surface area contributed by atoms with E-state index in [2.05, 4.69) is 10.3 Å². The van der Waals surface area contributed by atoms with Gasteiger partial charge in [0.15, 0.2) is 16.7 Å². The number of nitriles is 1. The van der Waals surface area contributed by atoms with E-state index in [0.29, 0.717) is 15.6 Å². The van der Waals surface area contributed by atoms with Gasteiger partial charge < -0.3 is 14.8 Å². The second-order valence-corrected chi connectivity index (χ2v) is 6.96. The molecule has 154 valence electrons. The van der Waals surface area contributed by atoms with Crippen LogP contribution in [0, 0.1) is 11.3 Å². The molecule has 1 saturated heterocycles. The molecule has 0 radical (unpaired) electrons. The first-order valence-corrected chi connectivity index (χ1v) is 9.21. The lowest BCUT2D eigenvalue weighted by Gasteiger charge is -2.16. The number of halogens is 3. The second-order valence-electron chi connectivity index (χ2n) is 5.93. The number of amidine groups is 1. The number of ether oxygens (including phenoxy) is 2. The summed E-state index contributed by atoms with van der Waals surface area (Å²) in [6.07, 6.45) is -3.10. The molecule has 0 unspecified atom stereocenters. The van der Waals surface area contributed by atoms with Gasteiger partial charge in [-0.25, -0.2) is 0 Å². The summed E-state index contributed by atoms with van der Waals surface area (Å²) in [4.78, 5) is 16.3. The van der Waals surface area contributed by atoms with Crippen LogP contribution in [0.5, 0.6) is 17.2 Å². The molecule has 1 aliphatic rings. The maximum Gasteiger partial charge on any atom is 0.420 e. The average molecular weight is 433 g/mol. The first-order chi connectivity index (χ1) is 14.2. The zero-order valence-corrected chi connectivity index (χ0v) is 16.5. The molecule has 1 heterocycles. The monoisotopic (exact) mass is 433 g/mol. The molecule has 0 aliphatic carbocycles. The molecule has 2 aromatic carbocycles. The van der Waals surface area contributed by atoms with E-state index < -0.39 is 17.5 Å². The Labute approximate surface area is 174 Å². The number of hydrogen-bond donors (Lipinski definition) is 1. The molecular formula is C20H14F3N3O3S. The van der Waals surface area contributed by atoms with Crippen molar-refractivity contribution in [2.24, 2.45) is 4.99 Å². The predicted octanol–water partition coefficient (Wildman–Crippen LogP) is 4.57. The van der Waals surface area contributed by atoms with Crippen LogP contribution in [0.3, 0.4) is 0 Å². The lowest BCUT2D eigenvalue weighted by atomic mass is 10.1. The van der Waals surface area contributed by atoms with Crippen LogP contribution in [0.2, 0.25) is 0 Å². The van der Waals surface area contributed by atoms with Crippen molar-refractivity contribution in [2.45, 2.75) is 6.18 Å². The summed E-state index contributed by atoms with van der Waals surface area (Å²) in [5.41, 5.74) is -0.615. The minimum atomic E-state index is -4.70. The van der Waals surface area contributed by atoms with Gasteiger partial charge in [0.25, 0.3) is 5.91 Å². The third-order valence-electron chi connectivity index (χ3n) is 3.97. The fourth-order valence-corrected chi connectivity index (χ4v) is 3.35. The van der Waals surface area contributed by atoms with Gasteiger partial charge in [0.2, 0.25) is 0 Å². The summed E-state index contributed by atoms with van der Waals surface area (Å²) in [5, 5.41) is 11.9. The van der Waals surface area contributed by atoms with Crippen LogP contribution in [0.1, 0.15) is 16.7 Å². The number of aliphatic imine (C=N–C) groups is 1. The molecule has 0 saturated carbocycles. The van der Waals surface area contributed by atoms with Crippen LogP contribution in [-0.2, 0) is 11.0 Å². The van der Waals surface area contributed by atoms with Crippen molar-refractivity contribution >= 4 is 28.9 Å². The summed E-state index contributed by atoms with van der Waals surface area (Å²) in [6, 6.07) is 9.28. The van der Waals surface area contributed by atoms with Gasteiger partial charge in [-0.3, -0.25) is 9.79 Å². The topological polar surface area (TPSA) is 83.7 Å². The molecule has 1 fully saturated rings. The molecule has 1 N–H and O–H groups in total. The van der Waals surface area contributed by atoms with E-state index in [-0.39, 0.29) is 23.0 Å². The average Bonchev–Trinajstić information content (AvgIpc) is 3.08. The molecule has 0 bridgehead atoms. The van der Waals surface area contributed by atoms with Gasteiger partial charge in [0.1, 0.15) is 5.75 Å². The summed E-state index contributed by atoms with van der Waals surface area (Å²) in [5.74, 6) is -0.531. The highest BCUT2D eigenvalue weighted by molar-refractivity contribution is 8.18. The molecule has 1 amide bonds. The van der Waals surface area contributed by atoms with E-state index >= 15 is 0 Å². The van der Waals surface area contributed by atoms with Gasteiger partial charge in [-0.05, 0) is 53.7 Å². The minimum absolute atomic E-state index is 0.0502. The smallest absolute Gasteiger partial charge is 0.420 e. The molecule has 2 aromatic rings. The quantitative estimate of drug-likeness (QED) is 0.715.